The van der Waals surface area contributed by atoms with Gasteiger partial charge in [0.05, 0.1) is 18.4 Å². The van der Waals surface area contributed by atoms with Crippen molar-refractivity contribution in [3.05, 3.63) is 63.0 Å². The molecule has 0 unspecified atom stereocenters. The van der Waals surface area contributed by atoms with Crippen molar-refractivity contribution in [2.24, 2.45) is 0 Å². The van der Waals surface area contributed by atoms with Crippen LogP contribution in [0.4, 0.5) is 8.78 Å². The van der Waals surface area contributed by atoms with Gasteiger partial charge in [-0.05, 0) is 35.6 Å². The molecule has 102 valence electrons. The Morgan fingerprint density at radius 2 is 2.10 bits per heavy atom. The zero-order valence-corrected chi connectivity index (χ0v) is 11.4. The van der Waals surface area contributed by atoms with Crippen LogP contribution in [0, 0.1) is 18.6 Å². The fourth-order valence-electron chi connectivity index (χ4n) is 2.01. The van der Waals surface area contributed by atoms with Crippen molar-refractivity contribution in [2.45, 2.75) is 13.5 Å². The van der Waals surface area contributed by atoms with Gasteiger partial charge in [0.25, 0.3) is 5.56 Å². The van der Waals surface area contributed by atoms with E-state index < -0.39 is 11.6 Å². The zero-order chi connectivity index (χ0) is 14.3. The molecule has 0 bridgehead atoms. The van der Waals surface area contributed by atoms with Crippen LogP contribution in [0.3, 0.4) is 0 Å². The average molecular weight is 292 g/mol. The summed E-state index contributed by atoms with van der Waals surface area (Å²) < 4.78 is 28.0. The third-order valence-electron chi connectivity index (χ3n) is 3.06. The maximum Gasteiger partial charge on any atom is 0.271 e. The smallest absolute Gasteiger partial charge is 0.271 e. The largest absolute Gasteiger partial charge is 0.294 e. The van der Waals surface area contributed by atoms with Crippen LogP contribution >= 0.6 is 11.3 Å². The van der Waals surface area contributed by atoms with Crippen molar-refractivity contribution in [3.63, 3.8) is 0 Å². The second kappa shape index (κ2) is 4.79. The Balaban J connectivity index is 2.04. The molecule has 0 N–H and O–H groups in total. The van der Waals surface area contributed by atoms with Gasteiger partial charge in [-0.1, -0.05) is 6.07 Å². The molecule has 1 aromatic carbocycles. The number of aromatic nitrogens is 2. The van der Waals surface area contributed by atoms with Crippen LogP contribution in [0.25, 0.3) is 10.2 Å². The molecule has 0 aliphatic carbocycles. The Hall–Kier alpha value is -2.08. The van der Waals surface area contributed by atoms with E-state index in [1.165, 1.54) is 28.3 Å². The first kappa shape index (κ1) is 12.9. The second-order valence-corrected chi connectivity index (χ2v) is 5.40. The van der Waals surface area contributed by atoms with Gasteiger partial charge in [0.1, 0.15) is 4.70 Å². The minimum Gasteiger partial charge on any atom is -0.294 e. The molecule has 3 nitrogen and oxygen atoms in total. The molecule has 2 aromatic heterocycles. The normalized spacial score (nSPS) is 11.2. The molecule has 2 heterocycles. The summed E-state index contributed by atoms with van der Waals surface area (Å²) in [6, 6.07) is 3.59. The van der Waals surface area contributed by atoms with Gasteiger partial charge in [0.15, 0.2) is 11.6 Å². The molecule has 0 fully saturated rings. The van der Waals surface area contributed by atoms with Gasteiger partial charge in [-0.15, -0.1) is 11.3 Å². The Bertz CT molecular complexity index is 854. The SMILES string of the molecule is Cc1csc2c(=O)n(Cc3ccc(F)c(F)c3)cnc12. The van der Waals surface area contributed by atoms with E-state index >= 15 is 0 Å². The molecular weight excluding hydrogens is 282 g/mol. The van der Waals surface area contributed by atoms with Crippen LogP contribution < -0.4 is 5.56 Å². The Kier molecular flexibility index (Phi) is 3.10. The molecule has 3 aromatic rings. The quantitative estimate of drug-likeness (QED) is 0.727. The highest BCUT2D eigenvalue weighted by atomic mass is 32.1. The van der Waals surface area contributed by atoms with Crippen molar-refractivity contribution in [1.29, 1.82) is 0 Å². The maximum absolute atomic E-state index is 13.2. The monoisotopic (exact) mass is 292 g/mol. The van der Waals surface area contributed by atoms with Gasteiger partial charge in [-0.2, -0.15) is 0 Å². The van der Waals surface area contributed by atoms with E-state index in [0.717, 1.165) is 17.7 Å². The van der Waals surface area contributed by atoms with Crippen molar-refractivity contribution < 1.29 is 8.78 Å². The number of hydrogen-bond acceptors (Lipinski definition) is 3. The number of rotatable bonds is 2. The minimum absolute atomic E-state index is 0.163. The number of benzene rings is 1. The fraction of sp³-hybridized carbons (Fsp3) is 0.143. The highest BCUT2D eigenvalue weighted by Crippen LogP contribution is 2.19. The molecule has 20 heavy (non-hydrogen) atoms. The van der Waals surface area contributed by atoms with E-state index in [2.05, 4.69) is 4.98 Å². The van der Waals surface area contributed by atoms with Gasteiger partial charge in [0.2, 0.25) is 0 Å². The lowest BCUT2D eigenvalue weighted by Crippen LogP contribution is -2.20. The van der Waals surface area contributed by atoms with E-state index in [1.54, 1.807) is 0 Å². The summed E-state index contributed by atoms with van der Waals surface area (Å²) in [7, 11) is 0. The summed E-state index contributed by atoms with van der Waals surface area (Å²) in [5, 5.41) is 1.88. The van der Waals surface area contributed by atoms with E-state index in [1.807, 2.05) is 12.3 Å². The molecule has 0 amide bonds. The van der Waals surface area contributed by atoms with Crippen LogP contribution in [-0.4, -0.2) is 9.55 Å². The number of hydrogen-bond donors (Lipinski definition) is 0. The van der Waals surface area contributed by atoms with E-state index in [-0.39, 0.29) is 12.1 Å². The fourth-order valence-corrected chi connectivity index (χ4v) is 2.96. The first-order valence-electron chi connectivity index (χ1n) is 5.93. The third-order valence-corrected chi connectivity index (χ3v) is 4.14. The number of halogens is 2. The molecule has 6 heteroatoms. The Labute approximate surface area is 117 Å². The average Bonchev–Trinajstić information content (AvgIpc) is 2.80. The Morgan fingerprint density at radius 3 is 2.85 bits per heavy atom. The summed E-state index contributed by atoms with van der Waals surface area (Å²) in [5.74, 6) is -1.82. The van der Waals surface area contributed by atoms with Gasteiger partial charge < -0.3 is 0 Å². The third kappa shape index (κ3) is 2.12. The summed E-state index contributed by atoms with van der Waals surface area (Å²) in [5.41, 5.74) is 2.00. The first-order valence-corrected chi connectivity index (χ1v) is 6.81. The van der Waals surface area contributed by atoms with Crippen molar-refractivity contribution in [1.82, 2.24) is 9.55 Å². The molecule has 0 radical (unpaired) electrons. The summed E-state index contributed by atoms with van der Waals surface area (Å²) in [6.45, 7) is 2.06. The van der Waals surface area contributed by atoms with Crippen LogP contribution in [-0.2, 0) is 6.54 Å². The van der Waals surface area contributed by atoms with Gasteiger partial charge in [-0.3, -0.25) is 9.36 Å². The molecule has 0 saturated heterocycles. The van der Waals surface area contributed by atoms with Crippen LogP contribution in [0.2, 0.25) is 0 Å². The predicted octanol–water partition coefficient (Wildman–Crippen LogP) is 3.09. The molecule has 3 rings (SSSR count). The van der Waals surface area contributed by atoms with E-state index in [0.29, 0.717) is 15.8 Å². The number of nitrogens with zero attached hydrogens (tertiary/aromatic N) is 2. The maximum atomic E-state index is 13.2. The molecule has 0 aliphatic heterocycles. The number of thiophene rings is 1. The number of fused-ring (bicyclic) bond motifs is 1. The summed E-state index contributed by atoms with van der Waals surface area (Å²) in [4.78, 5) is 16.5. The Morgan fingerprint density at radius 1 is 1.30 bits per heavy atom. The lowest BCUT2D eigenvalue weighted by Gasteiger charge is -2.06. The molecular formula is C14H10F2N2OS. The zero-order valence-electron chi connectivity index (χ0n) is 10.6. The molecule has 0 spiro atoms. The van der Waals surface area contributed by atoms with Crippen LogP contribution in [0.5, 0.6) is 0 Å². The molecule has 0 saturated carbocycles. The highest BCUT2D eigenvalue weighted by Gasteiger charge is 2.09. The van der Waals surface area contributed by atoms with Gasteiger partial charge in [0, 0.05) is 0 Å². The molecule has 0 aliphatic rings. The lowest BCUT2D eigenvalue weighted by atomic mass is 10.2. The standard InChI is InChI=1S/C14H10F2N2OS/c1-8-6-20-13-12(8)17-7-18(14(13)19)5-9-2-3-10(15)11(16)4-9/h2-4,6-7H,5H2,1H3. The molecule has 0 atom stereocenters. The van der Waals surface area contributed by atoms with Crippen LogP contribution in [0.1, 0.15) is 11.1 Å². The topological polar surface area (TPSA) is 34.9 Å². The van der Waals surface area contributed by atoms with Crippen LogP contribution in [0.15, 0.2) is 34.7 Å². The number of aryl methyl sites for hydroxylation is 1. The van der Waals surface area contributed by atoms with Gasteiger partial charge in [-0.25, -0.2) is 13.8 Å². The van der Waals surface area contributed by atoms with Crippen molar-refractivity contribution >= 4 is 21.6 Å². The first-order chi connectivity index (χ1) is 9.56. The highest BCUT2D eigenvalue weighted by molar-refractivity contribution is 7.17. The van der Waals surface area contributed by atoms with Crippen molar-refractivity contribution in [3.8, 4) is 0 Å². The van der Waals surface area contributed by atoms with E-state index in [9.17, 15) is 13.6 Å². The van der Waals surface area contributed by atoms with Crippen molar-refractivity contribution in [2.75, 3.05) is 0 Å². The van der Waals surface area contributed by atoms with E-state index in [4.69, 9.17) is 0 Å². The van der Waals surface area contributed by atoms with Gasteiger partial charge >= 0.3 is 0 Å². The minimum atomic E-state index is -0.920. The summed E-state index contributed by atoms with van der Waals surface area (Å²) in [6.07, 6.45) is 1.44. The predicted molar refractivity (Wildman–Crippen MR) is 74.1 cm³/mol. The second-order valence-electron chi connectivity index (χ2n) is 4.52. The summed E-state index contributed by atoms with van der Waals surface area (Å²) >= 11 is 1.34. The lowest BCUT2D eigenvalue weighted by molar-refractivity contribution is 0.506.